The summed E-state index contributed by atoms with van der Waals surface area (Å²) in [5.74, 6) is 0.533. The fourth-order valence-electron chi connectivity index (χ4n) is 2.69. The third-order valence-electron chi connectivity index (χ3n) is 4.05. The topological polar surface area (TPSA) is 21.3 Å². The highest BCUT2D eigenvalue weighted by Gasteiger charge is 2.10. The van der Waals surface area contributed by atoms with Crippen LogP contribution >= 0.6 is 23.2 Å². The quantitative estimate of drug-likeness (QED) is 0.487. The van der Waals surface area contributed by atoms with Crippen LogP contribution < -0.4 is 10.1 Å². The highest BCUT2D eigenvalue weighted by Crippen LogP contribution is 2.34. The van der Waals surface area contributed by atoms with Gasteiger partial charge in [0, 0.05) is 6.54 Å². The molecular weight excluding hydrogens is 365 g/mol. The van der Waals surface area contributed by atoms with E-state index in [-0.39, 0.29) is 0 Å². The number of rotatable bonds is 8. The van der Waals surface area contributed by atoms with Gasteiger partial charge in [-0.05, 0) is 41.8 Å². The Morgan fingerprint density at radius 2 is 1.31 bits per heavy atom. The highest BCUT2D eigenvalue weighted by atomic mass is 35.5. The van der Waals surface area contributed by atoms with Crippen molar-refractivity contribution in [2.45, 2.75) is 19.6 Å². The molecule has 0 heterocycles. The second kappa shape index (κ2) is 9.63. The van der Waals surface area contributed by atoms with Crippen molar-refractivity contribution < 1.29 is 4.74 Å². The van der Waals surface area contributed by atoms with E-state index in [1.54, 1.807) is 0 Å². The van der Waals surface area contributed by atoms with Crippen LogP contribution in [0.1, 0.15) is 16.7 Å². The molecule has 3 aromatic rings. The lowest BCUT2D eigenvalue weighted by Crippen LogP contribution is -2.16. The molecule has 26 heavy (non-hydrogen) atoms. The van der Waals surface area contributed by atoms with Crippen LogP contribution in [0, 0.1) is 0 Å². The molecule has 0 amide bonds. The Hall–Kier alpha value is -2.00. The van der Waals surface area contributed by atoms with Gasteiger partial charge in [-0.25, -0.2) is 0 Å². The molecule has 2 nitrogen and oxygen atoms in total. The number of hydrogen-bond donors (Lipinski definition) is 1. The maximum Gasteiger partial charge on any atom is 0.156 e. The Morgan fingerprint density at radius 1 is 0.731 bits per heavy atom. The molecule has 0 saturated carbocycles. The minimum atomic E-state index is 0.439. The SMILES string of the molecule is Clc1cc(CNCCc2ccccc2)cc(Cl)c1OCc1ccccc1. The minimum Gasteiger partial charge on any atom is -0.486 e. The van der Waals surface area contributed by atoms with Gasteiger partial charge in [0.25, 0.3) is 0 Å². The summed E-state index contributed by atoms with van der Waals surface area (Å²) in [4.78, 5) is 0. The fraction of sp³-hybridized carbons (Fsp3) is 0.182. The number of nitrogens with one attached hydrogen (secondary N) is 1. The van der Waals surface area contributed by atoms with E-state index in [0.717, 1.165) is 24.1 Å². The van der Waals surface area contributed by atoms with Crippen molar-refractivity contribution in [1.82, 2.24) is 5.32 Å². The smallest absolute Gasteiger partial charge is 0.156 e. The van der Waals surface area contributed by atoms with Gasteiger partial charge in [-0.2, -0.15) is 0 Å². The van der Waals surface area contributed by atoms with Gasteiger partial charge in [0.15, 0.2) is 5.75 Å². The highest BCUT2D eigenvalue weighted by molar-refractivity contribution is 6.37. The van der Waals surface area contributed by atoms with E-state index in [9.17, 15) is 0 Å². The molecule has 1 N–H and O–H groups in total. The molecular formula is C22H21Cl2NO. The third-order valence-corrected chi connectivity index (χ3v) is 4.61. The van der Waals surface area contributed by atoms with Crippen molar-refractivity contribution >= 4 is 23.2 Å². The van der Waals surface area contributed by atoms with Gasteiger partial charge in [0.1, 0.15) is 6.61 Å². The van der Waals surface area contributed by atoms with Crippen molar-refractivity contribution in [3.8, 4) is 5.75 Å². The van der Waals surface area contributed by atoms with E-state index in [2.05, 4.69) is 29.6 Å². The lowest BCUT2D eigenvalue weighted by Gasteiger charge is -2.12. The maximum atomic E-state index is 6.37. The number of benzene rings is 3. The summed E-state index contributed by atoms with van der Waals surface area (Å²) in [5, 5.41) is 4.49. The zero-order valence-corrected chi connectivity index (χ0v) is 15.9. The van der Waals surface area contributed by atoms with E-state index in [0.29, 0.717) is 28.9 Å². The Kier molecular flexibility index (Phi) is 6.96. The summed E-state index contributed by atoms with van der Waals surface area (Å²) in [6, 6.07) is 24.2. The first kappa shape index (κ1) is 18.8. The monoisotopic (exact) mass is 385 g/mol. The van der Waals surface area contributed by atoms with Crippen LogP contribution in [0.25, 0.3) is 0 Å². The average molecular weight is 386 g/mol. The summed E-state index contributed by atoms with van der Waals surface area (Å²) < 4.78 is 5.81. The van der Waals surface area contributed by atoms with Crippen molar-refractivity contribution in [2.75, 3.05) is 6.54 Å². The molecule has 0 bridgehead atoms. The van der Waals surface area contributed by atoms with Crippen LogP contribution in [0.5, 0.6) is 5.75 Å². The second-order valence-electron chi connectivity index (χ2n) is 6.08. The Morgan fingerprint density at radius 3 is 1.92 bits per heavy atom. The number of halogens is 2. The van der Waals surface area contributed by atoms with Crippen LogP contribution in [-0.4, -0.2) is 6.54 Å². The zero-order chi connectivity index (χ0) is 18.2. The molecule has 0 fully saturated rings. The summed E-state index contributed by atoms with van der Waals surface area (Å²) in [7, 11) is 0. The lowest BCUT2D eigenvalue weighted by molar-refractivity contribution is 0.306. The predicted molar refractivity (Wildman–Crippen MR) is 109 cm³/mol. The van der Waals surface area contributed by atoms with Crippen LogP contribution in [0.2, 0.25) is 10.0 Å². The minimum absolute atomic E-state index is 0.439. The Bertz CT molecular complexity index is 799. The summed E-state index contributed by atoms with van der Waals surface area (Å²) in [5.41, 5.74) is 3.44. The van der Waals surface area contributed by atoms with Crippen LogP contribution in [0.3, 0.4) is 0 Å². The molecule has 0 aliphatic heterocycles. The Balaban J connectivity index is 1.53. The van der Waals surface area contributed by atoms with Crippen LogP contribution in [0.15, 0.2) is 72.8 Å². The molecule has 0 unspecified atom stereocenters. The summed E-state index contributed by atoms with van der Waals surface area (Å²) in [6.45, 7) is 2.05. The molecule has 3 aromatic carbocycles. The molecule has 0 spiro atoms. The van der Waals surface area contributed by atoms with Gasteiger partial charge in [-0.3, -0.25) is 0 Å². The first-order chi connectivity index (χ1) is 12.7. The van der Waals surface area contributed by atoms with Crippen molar-refractivity contribution in [2.24, 2.45) is 0 Å². The number of ether oxygens (including phenoxy) is 1. The van der Waals surface area contributed by atoms with Gasteiger partial charge in [-0.1, -0.05) is 83.9 Å². The maximum absolute atomic E-state index is 6.37. The molecule has 3 rings (SSSR count). The number of hydrogen-bond acceptors (Lipinski definition) is 2. The standard InChI is InChI=1S/C22H21Cl2NO/c23-20-13-19(15-25-12-11-17-7-3-1-4-8-17)14-21(24)22(20)26-16-18-9-5-2-6-10-18/h1-10,13-14,25H,11-12,15-16H2. The van der Waals surface area contributed by atoms with Gasteiger partial charge in [0.2, 0.25) is 0 Å². The Labute approximate surface area is 164 Å². The normalized spacial score (nSPS) is 10.7. The molecule has 0 radical (unpaired) electrons. The first-order valence-electron chi connectivity index (χ1n) is 8.61. The van der Waals surface area contributed by atoms with Gasteiger partial charge in [-0.15, -0.1) is 0 Å². The van der Waals surface area contributed by atoms with Gasteiger partial charge < -0.3 is 10.1 Å². The van der Waals surface area contributed by atoms with Crippen molar-refractivity contribution in [1.29, 1.82) is 0 Å². The average Bonchev–Trinajstić information content (AvgIpc) is 2.66. The van der Waals surface area contributed by atoms with Gasteiger partial charge in [0.05, 0.1) is 10.0 Å². The molecule has 0 saturated heterocycles. The first-order valence-corrected chi connectivity index (χ1v) is 9.37. The van der Waals surface area contributed by atoms with Crippen molar-refractivity contribution in [3.05, 3.63) is 99.5 Å². The molecule has 0 aromatic heterocycles. The van der Waals surface area contributed by atoms with E-state index in [1.165, 1.54) is 5.56 Å². The molecule has 4 heteroatoms. The predicted octanol–water partition coefficient (Wildman–Crippen LogP) is 5.90. The van der Waals surface area contributed by atoms with Crippen molar-refractivity contribution in [3.63, 3.8) is 0 Å². The third kappa shape index (κ3) is 5.50. The summed E-state index contributed by atoms with van der Waals surface area (Å²) in [6.07, 6.45) is 0.987. The van der Waals surface area contributed by atoms with E-state index < -0.39 is 0 Å². The fourth-order valence-corrected chi connectivity index (χ4v) is 3.33. The van der Waals surface area contributed by atoms with E-state index in [1.807, 2.05) is 48.5 Å². The molecule has 134 valence electrons. The second-order valence-corrected chi connectivity index (χ2v) is 6.89. The largest absolute Gasteiger partial charge is 0.486 e. The molecule has 0 aliphatic carbocycles. The lowest BCUT2D eigenvalue weighted by atomic mass is 10.1. The summed E-state index contributed by atoms with van der Waals surface area (Å²) >= 11 is 12.7. The van der Waals surface area contributed by atoms with E-state index >= 15 is 0 Å². The van der Waals surface area contributed by atoms with Crippen LogP contribution in [-0.2, 0) is 19.6 Å². The van der Waals surface area contributed by atoms with Gasteiger partial charge >= 0.3 is 0 Å². The molecule has 0 aliphatic rings. The van der Waals surface area contributed by atoms with E-state index in [4.69, 9.17) is 27.9 Å². The zero-order valence-electron chi connectivity index (χ0n) is 14.4. The molecule has 0 atom stereocenters. The van der Waals surface area contributed by atoms with Crippen LogP contribution in [0.4, 0.5) is 0 Å².